The fourth-order valence-corrected chi connectivity index (χ4v) is 5.76. The maximum atomic E-state index is 10.8. The SMILES string of the molecule is CCCCCCCCCCCCC(=S)O[C@H]1CO[C@H]([C@@H](CO)OC(=S)CCCCCCCCCCCC)[C@@H]1O. The lowest BCUT2D eigenvalue weighted by atomic mass is 10.1. The van der Waals surface area contributed by atoms with Crippen LogP contribution in [0.4, 0.5) is 0 Å². The summed E-state index contributed by atoms with van der Waals surface area (Å²) in [5.41, 5.74) is 0. The van der Waals surface area contributed by atoms with Crippen molar-refractivity contribution in [3.05, 3.63) is 0 Å². The van der Waals surface area contributed by atoms with Crippen molar-refractivity contribution >= 4 is 34.5 Å². The topological polar surface area (TPSA) is 68.2 Å². The summed E-state index contributed by atoms with van der Waals surface area (Å²) >= 11 is 10.8. The zero-order chi connectivity index (χ0) is 28.6. The Morgan fingerprint density at radius 2 is 1.10 bits per heavy atom. The molecule has 1 heterocycles. The summed E-state index contributed by atoms with van der Waals surface area (Å²) in [6, 6.07) is 0. The fourth-order valence-electron chi connectivity index (χ4n) is 5.22. The number of rotatable bonds is 26. The number of aliphatic hydroxyl groups is 2. The second kappa shape index (κ2) is 25.4. The van der Waals surface area contributed by atoms with Crippen LogP contribution in [-0.2, 0) is 14.2 Å². The highest BCUT2D eigenvalue weighted by molar-refractivity contribution is 7.80. The minimum atomic E-state index is -0.909. The molecule has 1 saturated heterocycles. The first-order valence-corrected chi connectivity index (χ1v) is 17.1. The predicted molar refractivity (Wildman–Crippen MR) is 171 cm³/mol. The third-order valence-electron chi connectivity index (χ3n) is 7.75. The van der Waals surface area contributed by atoms with Crippen LogP contribution in [0.25, 0.3) is 0 Å². The molecule has 0 aliphatic carbocycles. The van der Waals surface area contributed by atoms with E-state index in [0.717, 1.165) is 32.1 Å². The van der Waals surface area contributed by atoms with Gasteiger partial charge in [0.25, 0.3) is 0 Å². The lowest BCUT2D eigenvalue weighted by molar-refractivity contribution is -0.0615. The Hall–Kier alpha value is -0.340. The Balaban J connectivity index is 2.14. The second-order valence-corrected chi connectivity index (χ2v) is 12.3. The van der Waals surface area contributed by atoms with Gasteiger partial charge in [0, 0.05) is 12.8 Å². The maximum Gasteiger partial charge on any atom is 0.160 e. The van der Waals surface area contributed by atoms with Crippen molar-refractivity contribution in [3.8, 4) is 0 Å². The molecule has 1 fully saturated rings. The second-order valence-electron chi connectivity index (χ2n) is 11.4. The number of unbranched alkanes of at least 4 members (excludes halogenated alkanes) is 18. The molecule has 0 aromatic rings. The minimum absolute atomic E-state index is 0.231. The molecule has 0 bridgehead atoms. The lowest BCUT2D eigenvalue weighted by Gasteiger charge is -2.26. The highest BCUT2D eigenvalue weighted by atomic mass is 32.1. The number of hydrogen-bond donors (Lipinski definition) is 2. The summed E-state index contributed by atoms with van der Waals surface area (Å²) in [5, 5.41) is 21.7. The van der Waals surface area contributed by atoms with Gasteiger partial charge in [-0.15, -0.1) is 0 Å². The van der Waals surface area contributed by atoms with Crippen molar-refractivity contribution < 1.29 is 24.4 Å². The van der Waals surface area contributed by atoms with Gasteiger partial charge in [-0.2, -0.15) is 0 Å². The van der Waals surface area contributed by atoms with Crippen LogP contribution in [0.15, 0.2) is 0 Å². The first-order valence-electron chi connectivity index (χ1n) is 16.3. The minimum Gasteiger partial charge on any atom is -0.479 e. The van der Waals surface area contributed by atoms with Gasteiger partial charge in [0.1, 0.15) is 12.2 Å². The molecule has 0 amide bonds. The molecule has 1 rings (SSSR count). The van der Waals surface area contributed by atoms with Crippen molar-refractivity contribution in [1.29, 1.82) is 0 Å². The lowest BCUT2D eigenvalue weighted by Crippen LogP contribution is -2.43. The van der Waals surface area contributed by atoms with Gasteiger partial charge in [0.05, 0.1) is 13.2 Å². The zero-order valence-corrected chi connectivity index (χ0v) is 26.8. The van der Waals surface area contributed by atoms with Gasteiger partial charge in [-0.3, -0.25) is 0 Å². The van der Waals surface area contributed by atoms with E-state index in [2.05, 4.69) is 13.8 Å². The first-order chi connectivity index (χ1) is 19.0. The van der Waals surface area contributed by atoms with Gasteiger partial charge in [0.15, 0.2) is 22.3 Å². The molecule has 0 saturated carbocycles. The third kappa shape index (κ3) is 18.7. The van der Waals surface area contributed by atoms with Gasteiger partial charge in [-0.1, -0.05) is 129 Å². The number of thiocarbonyl (C=S) groups is 2. The quantitative estimate of drug-likeness (QED) is 0.0773. The Morgan fingerprint density at radius 1 is 0.692 bits per heavy atom. The van der Waals surface area contributed by atoms with Crippen molar-refractivity contribution in [1.82, 2.24) is 0 Å². The molecule has 0 unspecified atom stereocenters. The summed E-state index contributed by atoms with van der Waals surface area (Å²) in [6.07, 6.45) is 24.1. The molecule has 230 valence electrons. The Kier molecular flexibility index (Phi) is 23.9. The van der Waals surface area contributed by atoms with E-state index in [1.807, 2.05) is 0 Å². The van der Waals surface area contributed by atoms with E-state index in [1.54, 1.807) is 0 Å². The average Bonchev–Trinajstić information content (AvgIpc) is 3.28. The third-order valence-corrected chi connectivity index (χ3v) is 8.35. The van der Waals surface area contributed by atoms with Crippen LogP contribution in [0.5, 0.6) is 0 Å². The number of hydrogen-bond acceptors (Lipinski definition) is 7. The van der Waals surface area contributed by atoms with Crippen LogP contribution >= 0.6 is 24.4 Å². The average molecular weight is 589 g/mol. The summed E-state index contributed by atoms with van der Waals surface area (Å²) < 4.78 is 17.5. The molecule has 1 aliphatic heterocycles. The van der Waals surface area contributed by atoms with Crippen molar-refractivity contribution in [2.45, 2.75) is 180 Å². The van der Waals surface area contributed by atoms with Gasteiger partial charge in [0.2, 0.25) is 0 Å². The van der Waals surface area contributed by atoms with Crippen LogP contribution in [0.3, 0.4) is 0 Å². The number of aliphatic hydroxyl groups excluding tert-OH is 2. The Morgan fingerprint density at radius 3 is 1.54 bits per heavy atom. The van der Waals surface area contributed by atoms with Crippen molar-refractivity contribution in [2.75, 3.05) is 13.2 Å². The van der Waals surface area contributed by atoms with Gasteiger partial charge < -0.3 is 24.4 Å². The van der Waals surface area contributed by atoms with Gasteiger partial charge >= 0.3 is 0 Å². The molecular formula is C32H60O5S2. The normalized spacial score (nSPS) is 19.7. The van der Waals surface area contributed by atoms with Gasteiger partial charge in [-0.25, -0.2) is 0 Å². The van der Waals surface area contributed by atoms with E-state index in [4.69, 9.17) is 38.6 Å². The van der Waals surface area contributed by atoms with E-state index in [-0.39, 0.29) is 13.2 Å². The Bertz CT molecular complexity index is 603. The molecular weight excluding hydrogens is 528 g/mol. The summed E-state index contributed by atoms with van der Waals surface area (Å²) in [5.74, 6) is 0. The largest absolute Gasteiger partial charge is 0.479 e. The van der Waals surface area contributed by atoms with Crippen LogP contribution in [0, 0.1) is 0 Å². The van der Waals surface area contributed by atoms with Crippen LogP contribution in [0.2, 0.25) is 0 Å². The molecule has 5 nitrogen and oxygen atoms in total. The molecule has 2 N–H and O–H groups in total. The predicted octanol–water partition coefficient (Wildman–Crippen LogP) is 8.79. The summed E-state index contributed by atoms with van der Waals surface area (Å²) in [7, 11) is 0. The van der Waals surface area contributed by atoms with Crippen LogP contribution in [0.1, 0.15) is 155 Å². The monoisotopic (exact) mass is 588 g/mol. The molecule has 0 aromatic carbocycles. The molecule has 1 aliphatic rings. The molecule has 0 aromatic heterocycles. The van der Waals surface area contributed by atoms with Crippen LogP contribution < -0.4 is 0 Å². The zero-order valence-electron chi connectivity index (χ0n) is 25.2. The molecule has 0 spiro atoms. The summed E-state index contributed by atoms with van der Waals surface area (Å²) in [6.45, 7) is 4.47. The standard InChI is InChI=1S/C32H60O5S2/c1-3-5-7-9-11-13-15-17-19-21-23-29(38)36-27(25-33)32-31(34)28(26-35-32)37-30(39)24-22-20-18-16-14-12-10-8-6-4-2/h27-28,31-34H,3-26H2,1-2H3/t27-,28+,31-,32-/m1/s1. The molecule has 4 atom stereocenters. The van der Waals surface area contributed by atoms with Crippen molar-refractivity contribution in [2.24, 2.45) is 0 Å². The van der Waals surface area contributed by atoms with E-state index in [1.165, 1.54) is 103 Å². The first kappa shape index (κ1) is 36.7. The summed E-state index contributed by atoms with van der Waals surface area (Å²) in [4.78, 5) is 0. The van der Waals surface area contributed by atoms with Crippen LogP contribution in [-0.4, -0.2) is 57.9 Å². The highest BCUT2D eigenvalue weighted by Gasteiger charge is 2.43. The molecule has 0 radical (unpaired) electrons. The van der Waals surface area contributed by atoms with Gasteiger partial charge in [-0.05, 0) is 37.3 Å². The Labute approximate surface area is 251 Å². The fraction of sp³-hybridized carbons (Fsp3) is 0.938. The molecule has 7 heteroatoms. The van der Waals surface area contributed by atoms with Crippen molar-refractivity contribution in [3.63, 3.8) is 0 Å². The van der Waals surface area contributed by atoms with E-state index >= 15 is 0 Å². The highest BCUT2D eigenvalue weighted by Crippen LogP contribution is 2.24. The molecule has 39 heavy (non-hydrogen) atoms. The van der Waals surface area contributed by atoms with E-state index < -0.39 is 24.4 Å². The van der Waals surface area contributed by atoms with E-state index in [0.29, 0.717) is 16.5 Å². The van der Waals surface area contributed by atoms with E-state index in [9.17, 15) is 10.2 Å². The maximum absolute atomic E-state index is 10.8. The smallest absolute Gasteiger partial charge is 0.160 e. The number of ether oxygens (including phenoxy) is 3.